The molecule has 0 radical (unpaired) electrons. The van der Waals surface area contributed by atoms with E-state index in [4.69, 9.17) is 5.73 Å². The van der Waals surface area contributed by atoms with Crippen LogP contribution in [0.3, 0.4) is 0 Å². The number of aliphatic hydroxyl groups excluding tert-OH is 1. The van der Waals surface area contributed by atoms with Gasteiger partial charge in [0.1, 0.15) is 0 Å². The number of aliphatic hydroxyl groups is 1. The van der Waals surface area contributed by atoms with E-state index in [0.717, 1.165) is 12.1 Å². The normalized spacial score (nSPS) is 15.9. The monoisotopic (exact) mass is 233 g/mol. The summed E-state index contributed by atoms with van der Waals surface area (Å²) in [4.78, 5) is 0. The molecule has 3 N–H and O–H groups in total. The molecule has 2 nitrogen and oxygen atoms in total. The van der Waals surface area contributed by atoms with Gasteiger partial charge >= 0.3 is 6.18 Å². The van der Waals surface area contributed by atoms with E-state index in [0.29, 0.717) is 5.56 Å². The van der Waals surface area contributed by atoms with Gasteiger partial charge in [-0.25, -0.2) is 0 Å². The highest BCUT2D eigenvalue weighted by Gasteiger charge is 2.31. The summed E-state index contributed by atoms with van der Waals surface area (Å²) in [7, 11) is 0. The van der Waals surface area contributed by atoms with E-state index in [1.165, 1.54) is 6.07 Å². The van der Waals surface area contributed by atoms with Crippen LogP contribution >= 0.6 is 0 Å². The van der Waals surface area contributed by atoms with Crippen LogP contribution in [0.15, 0.2) is 18.2 Å². The van der Waals surface area contributed by atoms with Crippen molar-refractivity contribution >= 4 is 0 Å². The molecule has 1 aromatic carbocycles. The number of aryl methyl sites for hydroxylation is 1. The lowest BCUT2D eigenvalue weighted by atomic mass is 9.99. The first kappa shape index (κ1) is 13.0. The maximum Gasteiger partial charge on any atom is 0.416 e. The first-order chi connectivity index (χ1) is 7.21. The van der Waals surface area contributed by atoms with Crippen LogP contribution in [0, 0.1) is 6.92 Å². The summed E-state index contributed by atoms with van der Waals surface area (Å²) in [5, 5.41) is 9.62. The highest BCUT2D eigenvalue weighted by Crippen LogP contribution is 2.32. The molecule has 90 valence electrons. The Morgan fingerprint density at radius 3 is 2.25 bits per heavy atom. The molecular formula is C11H14F3NO. The molecule has 1 rings (SSSR count). The molecule has 0 bridgehead atoms. The first-order valence-corrected chi connectivity index (χ1v) is 4.84. The molecule has 1 aromatic rings. The Labute approximate surface area is 91.9 Å². The average Bonchev–Trinajstić information content (AvgIpc) is 2.14. The Hall–Kier alpha value is -1.07. The van der Waals surface area contributed by atoms with Crippen molar-refractivity contribution < 1.29 is 18.3 Å². The van der Waals surface area contributed by atoms with Crippen LogP contribution in [0.2, 0.25) is 0 Å². The van der Waals surface area contributed by atoms with Crippen LogP contribution in [0.1, 0.15) is 29.7 Å². The first-order valence-electron chi connectivity index (χ1n) is 4.84. The maximum atomic E-state index is 12.5. The minimum absolute atomic E-state index is 0.197. The second-order valence-corrected chi connectivity index (χ2v) is 3.93. The lowest BCUT2D eigenvalue weighted by Gasteiger charge is -2.17. The van der Waals surface area contributed by atoms with Crippen molar-refractivity contribution in [2.75, 3.05) is 0 Å². The Kier molecular flexibility index (Phi) is 3.60. The van der Waals surface area contributed by atoms with Gasteiger partial charge in [-0.15, -0.1) is 0 Å². The fourth-order valence-corrected chi connectivity index (χ4v) is 1.45. The molecule has 5 heteroatoms. The van der Waals surface area contributed by atoms with Crippen LogP contribution in [-0.4, -0.2) is 11.1 Å². The molecule has 2 atom stereocenters. The molecule has 16 heavy (non-hydrogen) atoms. The summed E-state index contributed by atoms with van der Waals surface area (Å²) in [6.45, 7) is 3.09. The fraction of sp³-hybridized carbons (Fsp3) is 0.455. The van der Waals surface area contributed by atoms with E-state index in [1.54, 1.807) is 13.8 Å². The standard InChI is InChI=1S/C11H14F3NO/c1-6-3-8(10(16)7(2)15)5-9(4-6)11(12,13)14/h3-5,7,10,16H,15H2,1-2H3/t7-,10-/m1/s1. The van der Waals surface area contributed by atoms with Crippen LogP contribution in [-0.2, 0) is 6.18 Å². The Bertz CT molecular complexity index is 374. The molecule has 0 aliphatic carbocycles. The lowest BCUT2D eigenvalue weighted by Crippen LogP contribution is -2.24. The zero-order chi connectivity index (χ0) is 12.5. The highest BCUT2D eigenvalue weighted by atomic mass is 19.4. The number of benzene rings is 1. The predicted octanol–water partition coefficient (Wildman–Crippen LogP) is 2.39. The Morgan fingerprint density at radius 2 is 1.81 bits per heavy atom. The van der Waals surface area contributed by atoms with E-state index in [-0.39, 0.29) is 5.56 Å². The van der Waals surface area contributed by atoms with Crippen molar-refractivity contribution in [1.29, 1.82) is 0 Å². The summed E-state index contributed by atoms with van der Waals surface area (Å²) in [5.74, 6) is 0. The quantitative estimate of drug-likeness (QED) is 0.823. The number of alkyl halides is 3. The zero-order valence-electron chi connectivity index (χ0n) is 9.05. The summed E-state index contributed by atoms with van der Waals surface area (Å²) in [6, 6.07) is 2.87. The second kappa shape index (κ2) is 4.43. The molecule has 0 fully saturated rings. The van der Waals surface area contributed by atoms with Crippen molar-refractivity contribution in [1.82, 2.24) is 0 Å². The second-order valence-electron chi connectivity index (χ2n) is 3.93. The number of halogens is 3. The van der Waals surface area contributed by atoms with Crippen LogP contribution in [0.5, 0.6) is 0 Å². The van der Waals surface area contributed by atoms with Gasteiger partial charge in [-0.2, -0.15) is 13.2 Å². The third-order valence-electron chi connectivity index (χ3n) is 2.27. The van der Waals surface area contributed by atoms with Gasteiger partial charge in [0.25, 0.3) is 0 Å². The van der Waals surface area contributed by atoms with Crippen LogP contribution in [0.25, 0.3) is 0 Å². The van der Waals surface area contributed by atoms with Crippen molar-refractivity contribution in [3.05, 3.63) is 34.9 Å². The highest BCUT2D eigenvalue weighted by molar-refractivity contribution is 5.32. The van der Waals surface area contributed by atoms with Crippen molar-refractivity contribution in [3.8, 4) is 0 Å². The SMILES string of the molecule is Cc1cc([C@H](O)[C@@H](C)N)cc(C(F)(F)F)c1. The smallest absolute Gasteiger partial charge is 0.387 e. The van der Waals surface area contributed by atoms with Gasteiger partial charge in [0.15, 0.2) is 0 Å². The molecule has 0 saturated heterocycles. The topological polar surface area (TPSA) is 46.2 Å². The van der Waals surface area contributed by atoms with E-state index >= 15 is 0 Å². The molecule has 0 aliphatic rings. The summed E-state index contributed by atoms with van der Waals surface area (Å²) < 4.78 is 37.5. The number of nitrogens with two attached hydrogens (primary N) is 1. The van der Waals surface area contributed by atoms with Crippen molar-refractivity contribution in [2.45, 2.75) is 32.2 Å². The molecule has 0 unspecified atom stereocenters. The van der Waals surface area contributed by atoms with Gasteiger partial charge in [-0.3, -0.25) is 0 Å². The molecule has 0 amide bonds. The Morgan fingerprint density at radius 1 is 1.25 bits per heavy atom. The third-order valence-corrected chi connectivity index (χ3v) is 2.27. The minimum Gasteiger partial charge on any atom is -0.387 e. The van der Waals surface area contributed by atoms with Gasteiger partial charge in [0.05, 0.1) is 11.7 Å². The third kappa shape index (κ3) is 2.96. The van der Waals surface area contributed by atoms with Crippen molar-refractivity contribution in [3.63, 3.8) is 0 Å². The van der Waals surface area contributed by atoms with Crippen LogP contribution in [0.4, 0.5) is 13.2 Å². The number of hydrogen-bond acceptors (Lipinski definition) is 2. The van der Waals surface area contributed by atoms with Gasteiger partial charge in [-0.05, 0) is 31.5 Å². The van der Waals surface area contributed by atoms with Gasteiger partial charge in [0.2, 0.25) is 0 Å². The molecule has 0 spiro atoms. The maximum absolute atomic E-state index is 12.5. The molecule has 0 aliphatic heterocycles. The molecule has 0 aromatic heterocycles. The van der Waals surface area contributed by atoms with E-state index < -0.39 is 23.9 Å². The van der Waals surface area contributed by atoms with Crippen LogP contribution < -0.4 is 5.73 Å². The average molecular weight is 233 g/mol. The van der Waals surface area contributed by atoms with E-state index in [9.17, 15) is 18.3 Å². The molecular weight excluding hydrogens is 219 g/mol. The molecule has 0 saturated carbocycles. The van der Waals surface area contributed by atoms with Gasteiger partial charge in [-0.1, -0.05) is 11.6 Å². The fourth-order valence-electron chi connectivity index (χ4n) is 1.45. The minimum atomic E-state index is -4.40. The lowest BCUT2D eigenvalue weighted by molar-refractivity contribution is -0.137. The summed E-state index contributed by atoms with van der Waals surface area (Å²) >= 11 is 0. The van der Waals surface area contributed by atoms with Crippen molar-refractivity contribution in [2.24, 2.45) is 5.73 Å². The van der Waals surface area contributed by atoms with Gasteiger partial charge in [0, 0.05) is 6.04 Å². The van der Waals surface area contributed by atoms with Gasteiger partial charge < -0.3 is 10.8 Å². The summed E-state index contributed by atoms with van der Waals surface area (Å²) in [6.07, 6.45) is -5.49. The number of rotatable bonds is 2. The largest absolute Gasteiger partial charge is 0.416 e. The van der Waals surface area contributed by atoms with E-state index in [1.807, 2.05) is 0 Å². The number of hydrogen-bond donors (Lipinski definition) is 2. The predicted molar refractivity (Wildman–Crippen MR) is 54.8 cm³/mol. The molecule has 0 heterocycles. The van der Waals surface area contributed by atoms with E-state index in [2.05, 4.69) is 0 Å². The summed E-state index contributed by atoms with van der Waals surface area (Å²) in [5.41, 5.74) is 5.33. The Balaban J connectivity index is 3.18. The zero-order valence-corrected chi connectivity index (χ0v) is 9.05.